The van der Waals surface area contributed by atoms with E-state index >= 15 is 0 Å². The molecule has 0 radical (unpaired) electrons. The van der Waals surface area contributed by atoms with Gasteiger partial charge in [0, 0.05) is 12.9 Å². The molecule has 0 atom stereocenters. The summed E-state index contributed by atoms with van der Waals surface area (Å²) < 4.78 is 7.40. The number of nitrogens with zero attached hydrogens (tertiary/aromatic N) is 2. The SMILES string of the molecule is Cn1c(-c2ccco2)nc2cc(CCl)ccc21. The first-order valence-corrected chi connectivity index (χ1v) is 5.88. The molecular weight excluding hydrogens is 236 g/mol. The Morgan fingerprint density at radius 2 is 2.24 bits per heavy atom. The lowest BCUT2D eigenvalue weighted by molar-refractivity contribution is 0.574. The van der Waals surface area contributed by atoms with E-state index in [9.17, 15) is 0 Å². The molecule has 86 valence electrons. The predicted octanol–water partition coefficient (Wildman–Crippen LogP) is 3.57. The fourth-order valence-corrected chi connectivity index (χ4v) is 2.12. The highest BCUT2D eigenvalue weighted by molar-refractivity contribution is 6.17. The summed E-state index contributed by atoms with van der Waals surface area (Å²) >= 11 is 5.82. The van der Waals surface area contributed by atoms with Crippen molar-refractivity contribution in [2.24, 2.45) is 7.05 Å². The number of aryl methyl sites for hydroxylation is 1. The van der Waals surface area contributed by atoms with Crippen LogP contribution in [0, 0.1) is 0 Å². The second kappa shape index (κ2) is 3.93. The Labute approximate surface area is 104 Å². The van der Waals surface area contributed by atoms with Crippen LogP contribution in [-0.2, 0) is 12.9 Å². The van der Waals surface area contributed by atoms with E-state index in [-0.39, 0.29) is 0 Å². The molecular formula is C13H11ClN2O. The number of halogens is 1. The Hall–Kier alpha value is -1.74. The highest BCUT2D eigenvalue weighted by Gasteiger charge is 2.11. The summed E-state index contributed by atoms with van der Waals surface area (Å²) in [4.78, 5) is 4.57. The van der Waals surface area contributed by atoms with Gasteiger partial charge in [-0.3, -0.25) is 0 Å². The first kappa shape index (κ1) is 10.4. The van der Waals surface area contributed by atoms with Crippen LogP contribution in [0.15, 0.2) is 41.0 Å². The van der Waals surface area contributed by atoms with Crippen molar-refractivity contribution in [2.75, 3.05) is 0 Å². The van der Waals surface area contributed by atoms with Gasteiger partial charge in [-0.1, -0.05) is 6.07 Å². The van der Waals surface area contributed by atoms with E-state index in [2.05, 4.69) is 4.98 Å². The van der Waals surface area contributed by atoms with E-state index in [1.807, 2.05) is 41.9 Å². The van der Waals surface area contributed by atoms with Gasteiger partial charge in [-0.25, -0.2) is 4.98 Å². The molecule has 0 aliphatic heterocycles. The zero-order valence-corrected chi connectivity index (χ0v) is 10.1. The number of imidazole rings is 1. The minimum Gasteiger partial charge on any atom is -0.461 e. The van der Waals surface area contributed by atoms with E-state index in [1.165, 1.54) is 0 Å². The minimum absolute atomic E-state index is 0.503. The molecule has 17 heavy (non-hydrogen) atoms. The van der Waals surface area contributed by atoms with Gasteiger partial charge < -0.3 is 8.98 Å². The standard InChI is InChI=1S/C13H11ClN2O/c1-16-11-5-4-9(8-14)7-10(11)15-13(16)12-3-2-6-17-12/h2-7H,8H2,1H3. The van der Waals surface area contributed by atoms with Crippen molar-refractivity contribution in [1.82, 2.24) is 9.55 Å². The fraction of sp³-hybridized carbons (Fsp3) is 0.154. The second-order valence-electron chi connectivity index (χ2n) is 3.93. The van der Waals surface area contributed by atoms with Crippen LogP contribution in [0.4, 0.5) is 0 Å². The smallest absolute Gasteiger partial charge is 0.176 e. The second-order valence-corrected chi connectivity index (χ2v) is 4.20. The Kier molecular flexibility index (Phi) is 2.41. The van der Waals surface area contributed by atoms with Crippen LogP contribution in [-0.4, -0.2) is 9.55 Å². The third kappa shape index (κ3) is 1.63. The summed E-state index contributed by atoms with van der Waals surface area (Å²) in [5, 5.41) is 0. The number of benzene rings is 1. The highest BCUT2D eigenvalue weighted by atomic mass is 35.5. The first-order chi connectivity index (χ1) is 8.29. The molecule has 0 unspecified atom stereocenters. The van der Waals surface area contributed by atoms with Crippen molar-refractivity contribution < 1.29 is 4.42 Å². The molecule has 3 nitrogen and oxygen atoms in total. The molecule has 3 aromatic rings. The van der Waals surface area contributed by atoms with Gasteiger partial charge in [-0.15, -0.1) is 11.6 Å². The van der Waals surface area contributed by atoms with Crippen LogP contribution < -0.4 is 0 Å². The Morgan fingerprint density at radius 3 is 2.94 bits per heavy atom. The average Bonchev–Trinajstić information content (AvgIpc) is 2.97. The fourth-order valence-electron chi connectivity index (χ4n) is 1.95. The molecule has 2 heterocycles. The van der Waals surface area contributed by atoms with Gasteiger partial charge >= 0.3 is 0 Å². The lowest BCUT2D eigenvalue weighted by Gasteiger charge is -1.98. The van der Waals surface area contributed by atoms with Crippen molar-refractivity contribution >= 4 is 22.6 Å². The molecule has 0 amide bonds. The van der Waals surface area contributed by atoms with E-state index in [4.69, 9.17) is 16.0 Å². The van der Waals surface area contributed by atoms with Crippen LogP contribution in [0.1, 0.15) is 5.56 Å². The van der Waals surface area contributed by atoms with Crippen LogP contribution in [0.5, 0.6) is 0 Å². The third-order valence-electron chi connectivity index (χ3n) is 2.84. The molecule has 4 heteroatoms. The lowest BCUT2D eigenvalue weighted by Crippen LogP contribution is -1.90. The zero-order chi connectivity index (χ0) is 11.8. The normalized spacial score (nSPS) is 11.2. The predicted molar refractivity (Wildman–Crippen MR) is 68.0 cm³/mol. The van der Waals surface area contributed by atoms with Gasteiger partial charge in [0.25, 0.3) is 0 Å². The monoisotopic (exact) mass is 246 g/mol. The number of alkyl halides is 1. The molecule has 1 aromatic carbocycles. The van der Waals surface area contributed by atoms with Crippen molar-refractivity contribution in [3.63, 3.8) is 0 Å². The van der Waals surface area contributed by atoms with Crippen LogP contribution in [0.25, 0.3) is 22.6 Å². The molecule has 0 aliphatic carbocycles. The Bertz CT molecular complexity index is 655. The molecule has 2 aromatic heterocycles. The molecule has 0 N–H and O–H groups in total. The molecule has 0 aliphatic rings. The van der Waals surface area contributed by atoms with E-state index in [1.54, 1.807) is 6.26 Å². The summed E-state index contributed by atoms with van der Waals surface area (Å²) in [6.45, 7) is 0. The molecule has 0 spiro atoms. The molecule has 0 saturated carbocycles. The summed E-state index contributed by atoms with van der Waals surface area (Å²) in [6.07, 6.45) is 1.65. The molecule has 3 rings (SSSR count). The lowest BCUT2D eigenvalue weighted by atomic mass is 10.2. The van der Waals surface area contributed by atoms with Crippen molar-refractivity contribution in [1.29, 1.82) is 0 Å². The first-order valence-electron chi connectivity index (χ1n) is 5.35. The number of hydrogen-bond acceptors (Lipinski definition) is 2. The number of hydrogen-bond donors (Lipinski definition) is 0. The number of aromatic nitrogens is 2. The van der Waals surface area contributed by atoms with Gasteiger partial charge in [0.15, 0.2) is 11.6 Å². The van der Waals surface area contributed by atoms with Crippen LogP contribution in [0.3, 0.4) is 0 Å². The van der Waals surface area contributed by atoms with Gasteiger partial charge in [0.1, 0.15) is 0 Å². The largest absolute Gasteiger partial charge is 0.461 e. The van der Waals surface area contributed by atoms with Crippen LogP contribution in [0.2, 0.25) is 0 Å². The number of fused-ring (bicyclic) bond motifs is 1. The average molecular weight is 247 g/mol. The number of furan rings is 1. The molecule has 0 bridgehead atoms. The van der Waals surface area contributed by atoms with Crippen molar-refractivity contribution in [3.8, 4) is 11.6 Å². The Morgan fingerprint density at radius 1 is 1.35 bits per heavy atom. The van der Waals surface area contributed by atoms with Crippen molar-refractivity contribution in [2.45, 2.75) is 5.88 Å². The van der Waals surface area contributed by atoms with Crippen LogP contribution >= 0.6 is 11.6 Å². The maximum atomic E-state index is 5.82. The van der Waals surface area contributed by atoms with Gasteiger partial charge in [0.2, 0.25) is 0 Å². The summed E-state index contributed by atoms with van der Waals surface area (Å²) in [6, 6.07) is 9.83. The van der Waals surface area contributed by atoms with Gasteiger partial charge in [-0.2, -0.15) is 0 Å². The Balaban J connectivity index is 2.24. The van der Waals surface area contributed by atoms with E-state index < -0.39 is 0 Å². The van der Waals surface area contributed by atoms with Gasteiger partial charge in [0.05, 0.1) is 17.3 Å². The minimum atomic E-state index is 0.503. The molecule has 0 fully saturated rings. The zero-order valence-electron chi connectivity index (χ0n) is 9.35. The maximum absolute atomic E-state index is 5.82. The molecule has 0 saturated heterocycles. The van der Waals surface area contributed by atoms with E-state index in [0.29, 0.717) is 5.88 Å². The summed E-state index contributed by atoms with van der Waals surface area (Å²) in [7, 11) is 1.98. The van der Waals surface area contributed by atoms with Gasteiger partial charge in [-0.05, 0) is 29.8 Å². The highest BCUT2D eigenvalue weighted by Crippen LogP contribution is 2.24. The number of rotatable bonds is 2. The topological polar surface area (TPSA) is 31.0 Å². The van der Waals surface area contributed by atoms with E-state index in [0.717, 1.165) is 28.2 Å². The summed E-state index contributed by atoms with van der Waals surface area (Å²) in [5.74, 6) is 2.11. The third-order valence-corrected chi connectivity index (χ3v) is 3.15. The maximum Gasteiger partial charge on any atom is 0.176 e. The summed E-state index contributed by atoms with van der Waals surface area (Å²) in [5.41, 5.74) is 3.09. The quantitative estimate of drug-likeness (QED) is 0.647. The van der Waals surface area contributed by atoms with Crippen molar-refractivity contribution in [3.05, 3.63) is 42.2 Å².